The third-order valence-electron chi connectivity index (χ3n) is 7.33. The van der Waals surface area contributed by atoms with E-state index in [1.807, 2.05) is 34.0 Å². The maximum atomic E-state index is 2.34. The molecule has 0 N–H and O–H groups in total. The van der Waals surface area contributed by atoms with Crippen LogP contribution in [0.3, 0.4) is 0 Å². The summed E-state index contributed by atoms with van der Waals surface area (Å²) in [5.74, 6) is 0. The molecule has 0 nitrogen and oxygen atoms in total. The van der Waals surface area contributed by atoms with Crippen molar-refractivity contribution in [2.24, 2.45) is 0 Å². The molecular formula is C36H22S3. The van der Waals surface area contributed by atoms with Gasteiger partial charge in [-0.15, -0.1) is 34.0 Å². The summed E-state index contributed by atoms with van der Waals surface area (Å²) in [5, 5.41) is 3.93. The fourth-order valence-electron chi connectivity index (χ4n) is 5.29. The van der Waals surface area contributed by atoms with Gasteiger partial charge in [0.15, 0.2) is 0 Å². The lowest BCUT2D eigenvalue weighted by Crippen LogP contribution is -1.79. The van der Waals surface area contributed by atoms with Gasteiger partial charge in [0.1, 0.15) is 0 Å². The van der Waals surface area contributed by atoms with Gasteiger partial charge in [-0.05, 0) is 74.3 Å². The van der Waals surface area contributed by atoms with Crippen molar-refractivity contribution in [2.45, 2.75) is 0 Å². The first-order valence-corrected chi connectivity index (χ1v) is 15.4. The van der Waals surface area contributed by atoms with E-state index in [0.717, 1.165) is 0 Å². The second-order valence-electron chi connectivity index (χ2n) is 9.79. The molecule has 39 heavy (non-hydrogen) atoms. The van der Waals surface area contributed by atoms with Gasteiger partial charge in [-0.25, -0.2) is 0 Å². The minimum absolute atomic E-state index is 1.26. The zero-order valence-corrected chi connectivity index (χ0v) is 23.4. The molecular weight excluding hydrogens is 529 g/mol. The summed E-state index contributed by atoms with van der Waals surface area (Å²) in [6.45, 7) is 0. The standard InChI is InChI=1S/C36H22S3/c1-3-10-31-27(6-1)20-33(37-31)24-14-12-23(13-15-24)30-9-5-8-29-22-35(39-36(29)30)26-18-16-25(17-19-26)34-21-28-7-2-4-11-32(28)38-34/h1-22H. The van der Waals surface area contributed by atoms with Gasteiger partial charge in [-0.2, -0.15) is 0 Å². The number of hydrogen-bond acceptors (Lipinski definition) is 3. The number of benzene rings is 5. The zero-order valence-electron chi connectivity index (χ0n) is 20.9. The molecule has 184 valence electrons. The lowest BCUT2D eigenvalue weighted by atomic mass is 10.0. The van der Waals surface area contributed by atoms with Crippen molar-refractivity contribution in [3.05, 3.63) is 133 Å². The quantitative estimate of drug-likeness (QED) is 0.204. The molecule has 0 bridgehead atoms. The molecule has 0 unspecified atom stereocenters. The lowest BCUT2D eigenvalue weighted by molar-refractivity contribution is 1.66. The summed E-state index contributed by atoms with van der Waals surface area (Å²) in [6, 6.07) is 48.9. The van der Waals surface area contributed by atoms with E-state index >= 15 is 0 Å². The Hall–Kier alpha value is -4.02. The maximum Gasteiger partial charge on any atom is 0.0427 e. The summed E-state index contributed by atoms with van der Waals surface area (Å²) < 4.78 is 4.02. The number of hydrogen-bond donors (Lipinski definition) is 0. The molecule has 0 amide bonds. The van der Waals surface area contributed by atoms with Crippen LogP contribution in [-0.2, 0) is 0 Å². The Morgan fingerprint density at radius 3 is 1.31 bits per heavy atom. The predicted molar refractivity (Wildman–Crippen MR) is 174 cm³/mol. The van der Waals surface area contributed by atoms with E-state index in [1.165, 1.54) is 72.7 Å². The molecule has 0 radical (unpaired) electrons. The molecule has 8 aromatic rings. The van der Waals surface area contributed by atoms with Crippen LogP contribution in [0.4, 0.5) is 0 Å². The van der Waals surface area contributed by atoms with Crippen LogP contribution in [0.1, 0.15) is 0 Å². The largest absolute Gasteiger partial charge is 0.135 e. The molecule has 0 aliphatic heterocycles. The van der Waals surface area contributed by atoms with Crippen molar-refractivity contribution in [1.29, 1.82) is 0 Å². The summed E-state index contributed by atoms with van der Waals surface area (Å²) >= 11 is 5.60. The fourth-order valence-corrected chi connectivity index (χ4v) is 8.63. The van der Waals surface area contributed by atoms with Crippen LogP contribution >= 0.6 is 34.0 Å². The number of rotatable bonds is 4. The Balaban J connectivity index is 1.11. The Morgan fingerprint density at radius 2 is 0.769 bits per heavy atom. The van der Waals surface area contributed by atoms with Crippen molar-refractivity contribution in [3.8, 4) is 42.4 Å². The Kier molecular flexibility index (Phi) is 5.48. The lowest BCUT2D eigenvalue weighted by Gasteiger charge is -2.05. The van der Waals surface area contributed by atoms with Crippen LogP contribution in [0.5, 0.6) is 0 Å². The third kappa shape index (κ3) is 4.11. The maximum absolute atomic E-state index is 2.34. The smallest absolute Gasteiger partial charge is 0.0427 e. The van der Waals surface area contributed by atoms with Gasteiger partial charge in [0, 0.05) is 28.7 Å². The van der Waals surface area contributed by atoms with Crippen molar-refractivity contribution in [3.63, 3.8) is 0 Å². The number of thiophene rings is 3. The highest BCUT2D eigenvalue weighted by Gasteiger charge is 2.12. The molecule has 0 aliphatic carbocycles. The molecule has 0 aliphatic rings. The highest BCUT2D eigenvalue weighted by atomic mass is 32.1. The van der Waals surface area contributed by atoms with Gasteiger partial charge in [0.25, 0.3) is 0 Å². The van der Waals surface area contributed by atoms with E-state index in [1.54, 1.807) is 0 Å². The van der Waals surface area contributed by atoms with Crippen molar-refractivity contribution < 1.29 is 0 Å². The average Bonchev–Trinajstić information content (AvgIpc) is 3.73. The molecule has 0 saturated carbocycles. The van der Waals surface area contributed by atoms with E-state index in [4.69, 9.17) is 0 Å². The molecule has 3 aromatic heterocycles. The Labute approximate surface area is 239 Å². The van der Waals surface area contributed by atoms with Crippen molar-refractivity contribution in [2.75, 3.05) is 0 Å². The Bertz CT molecular complexity index is 2040. The minimum Gasteiger partial charge on any atom is -0.135 e. The first kappa shape index (κ1) is 22.9. The summed E-state index contributed by atoms with van der Waals surface area (Å²) in [7, 11) is 0. The predicted octanol–water partition coefficient (Wildman–Crippen LogP) is 12.0. The highest BCUT2D eigenvalue weighted by molar-refractivity contribution is 7.23. The van der Waals surface area contributed by atoms with Crippen LogP contribution in [0.2, 0.25) is 0 Å². The normalized spacial score (nSPS) is 11.6. The SMILES string of the molecule is c1ccc2sc(-c3ccc(-c4cc5cccc(-c6ccc(-c7cc8ccccc8s7)cc6)c5s4)cc3)cc2c1. The molecule has 0 spiro atoms. The van der Waals surface area contributed by atoms with E-state index in [0.29, 0.717) is 0 Å². The topological polar surface area (TPSA) is 0 Å². The minimum atomic E-state index is 1.26. The molecule has 5 aromatic carbocycles. The molecule has 3 heteroatoms. The number of fused-ring (bicyclic) bond motifs is 3. The fraction of sp³-hybridized carbons (Fsp3) is 0. The van der Waals surface area contributed by atoms with Crippen LogP contribution in [0.25, 0.3) is 72.7 Å². The van der Waals surface area contributed by atoms with Crippen LogP contribution in [-0.4, -0.2) is 0 Å². The van der Waals surface area contributed by atoms with E-state index < -0.39 is 0 Å². The summed E-state index contributed by atoms with van der Waals surface area (Å²) in [5.41, 5.74) is 6.39. The Morgan fingerprint density at radius 1 is 0.333 bits per heavy atom. The first-order chi connectivity index (χ1) is 19.3. The van der Waals surface area contributed by atoms with E-state index in [9.17, 15) is 0 Å². The van der Waals surface area contributed by atoms with Crippen LogP contribution < -0.4 is 0 Å². The summed E-state index contributed by atoms with van der Waals surface area (Å²) in [4.78, 5) is 3.95. The highest BCUT2D eigenvalue weighted by Crippen LogP contribution is 2.41. The zero-order chi connectivity index (χ0) is 25.8. The monoisotopic (exact) mass is 550 g/mol. The van der Waals surface area contributed by atoms with Crippen LogP contribution in [0, 0.1) is 0 Å². The van der Waals surface area contributed by atoms with Gasteiger partial charge < -0.3 is 0 Å². The van der Waals surface area contributed by atoms with E-state index in [2.05, 4.69) is 133 Å². The third-order valence-corrected chi connectivity index (χ3v) is 10.9. The van der Waals surface area contributed by atoms with Crippen molar-refractivity contribution >= 4 is 64.3 Å². The summed E-state index contributed by atoms with van der Waals surface area (Å²) in [6.07, 6.45) is 0. The van der Waals surface area contributed by atoms with Crippen LogP contribution in [0.15, 0.2) is 133 Å². The van der Waals surface area contributed by atoms with Gasteiger partial charge >= 0.3 is 0 Å². The van der Waals surface area contributed by atoms with E-state index in [-0.39, 0.29) is 0 Å². The second kappa shape index (κ2) is 9.32. The van der Waals surface area contributed by atoms with Gasteiger partial charge in [0.05, 0.1) is 0 Å². The molecule has 0 saturated heterocycles. The van der Waals surface area contributed by atoms with Crippen molar-refractivity contribution in [1.82, 2.24) is 0 Å². The average molecular weight is 551 g/mol. The molecule has 8 rings (SSSR count). The molecule has 0 atom stereocenters. The first-order valence-electron chi connectivity index (χ1n) is 13.0. The second-order valence-corrected chi connectivity index (χ2v) is 13.0. The molecule has 0 fully saturated rings. The van der Waals surface area contributed by atoms with Gasteiger partial charge in [-0.1, -0.05) is 103 Å². The van der Waals surface area contributed by atoms with Gasteiger partial charge in [-0.3, -0.25) is 0 Å². The molecule has 3 heterocycles. The van der Waals surface area contributed by atoms with Gasteiger partial charge in [0.2, 0.25) is 0 Å².